The van der Waals surface area contributed by atoms with E-state index in [4.69, 9.17) is 4.74 Å². The number of likely N-dealkylation sites (N-methyl/N-ethyl adjacent to an activating group) is 1. The highest BCUT2D eigenvalue weighted by Crippen LogP contribution is 2.18. The zero-order valence-electron chi connectivity index (χ0n) is 10.7. The molecule has 0 radical (unpaired) electrons. The van der Waals surface area contributed by atoms with Crippen molar-refractivity contribution in [3.05, 3.63) is 33.4 Å². The standard InChI is InChI=1S/C14H20INOS/c1-2-16-13(14-10-18-8-7-17-14)9-11-3-5-12(15)6-4-11/h3-6,13-14,16H,2,7-10H2,1H3. The van der Waals surface area contributed by atoms with Crippen molar-refractivity contribution in [2.75, 3.05) is 24.7 Å². The molecule has 1 saturated heterocycles. The summed E-state index contributed by atoms with van der Waals surface area (Å²) in [5.41, 5.74) is 1.39. The molecule has 0 aliphatic carbocycles. The first-order valence-corrected chi connectivity index (χ1v) is 8.70. The van der Waals surface area contributed by atoms with Gasteiger partial charge in [-0.1, -0.05) is 19.1 Å². The lowest BCUT2D eigenvalue weighted by molar-refractivity contribution is 0.0476. The summed E-state index contributed by atoms with van der Waals surface area (Å²) in [6, 6.07) is 9.23. The molecule has 0 spiro atoms. The Hall–Kier alpha value is 0.220. The fraction of sp³-hybridized carbons (Fsp3) is 0.571. The SMILES string of the molecule is CCNC(Cc1ccc(I)cc1)C1CSCCO1. The van der Waals surface area contributed by atoms with Gasteiger partial charge in [0.25, 0.3) is 0 Å². The van der Waals surface area contributed by atoms with E-state index in [0.29, 0.717) is 12.1 Å². The Morgan fingerprint density at radius 1 is 1.44 bits per heavy atom. The van der Waals surface area contributed by atoms with Crippen LogP contribution in [0.3, 0.4) is 0 Å². The van der Waals surface area contributed by atoms with E-state index in [2.05, 4.69) is 59.1 Å². The van der Waals surface area contributed by atoms with Crippen LogP contribution in [-0.2, 0) is 11.2 Å². The monoisotopic (exact) mass is 377 g/mol. The molecular weight excluding hydrogens is 357 g/mol. The molecule has 2 nitrogen and oxygen atoms in total. The van der Waals surface area contributed by atoms with Crippen LogP contribution in [0, 0.1) is 3.57 Å². The molecule has 1 aromatic carbocycles. The third kappa shape index (κ3) is 4.40. The number of benzene rings is 1. The summed E-state index contributed by atoms with van der Waals surface area (Å²) < 4.78 is 7.20. The molecule has 0 bridgehead atoms. The van der Waals surface area contributed by atoms with Gasteiger partial charge in [-0.25, -0.2) is 0 Å². The van der Waals surface area contributed by atoms with Crippen molar-refractivity contribution in [2.24, 2.45) is 0 Å². The van der Waals surface area contributed by atoms with Crippen LogP contribution >= 0.6 is 34.4 Å². The van der Waals surface area contributed by atoms with Crippen LogP contribution in [-0.4, -0.2) is 36.8 Å². The van der Waals surface area contributed by atoms with E-state index < -0.39 is 0 Å². The molecule has 1 heterocycles. The number of rotatable bonds is 5. The average Bonchev–Trinajstić information content (AvgIpc) is 2.42. The van der Waals surface area contributed by atoms with Gasteiger partial charge in [-0.3, -0.25) is 0 Å². The Kier molecular flexibility index (Phi) is 6.28. The van der Waals surface area contributed by atoms with Gasteiger partial charge in [-0.05, 0) is 53.3 Å². The molecule has 18 heavy (non-hydrogen) atoms. The number of halogens is 1. The second-order valence-electron chi connectivity index (χ2n) is 4.48. The van der Waals surface area contributed by atoms with E-state index in [9.17, 15) is 0 Å². The van der Waals surface area contributed by atoms with E-state index in [1.165, 1.54) is 9.13 Å². The van der Waals surface area contributed by atoms with E-state index in [-0.39, 0.29) is 0 Å². The van der Waals surface area contributed by atoms with Crippen LogP contribution in [0.2, 0.25) is 0 Å². The van der Waals surface area contributed by atoms with Crippen molar-refractivity contribution >= 4 is 34.4 Å². The van der Waals surface area contributed by atoms with Crippen LogP contribution in [0.1, 0.15) is 12.5 Å². The Balaban J connectivity index is 1.98. The topological polar surface area (TPSA) is 21.3 Å². The molecule has 4 heteroatoms. The van der Waals surface area contributed by atoms with Gasteiger partial charge in [-0.15, -0.1) is 0 Å². The van der Waals surface area contributed by atoms with Crippen LogP contribution in [0.25, 0.3) is 0 Å². The maximum absolute atomic E-state index is 5.90. The second-order valence-corrected chi connectivity index (χ2v) is 6.87. The van der Waals surface area contributed by atoms with Crippen molar-refractivity contribution in [3.8, 4) is 0 Å². The molecule has 1 aliphatic heterocycles. The van der Waals surface area contributed by atoms with E-state index in [1.54, 1.807) is 0 Å². The summed E-state index contributed by atoms with van der Waals surface area (Å²) in [4.78, 5) is 0. The summed E-state index contributed by atoms with van der Waals surface area (Å²) in [6.07, 6.45) is 1.40. The van der Waals surface area contributed by atoms with Gasteiger partial charge in [-0.2, -0.15) is 11.8 Å². The first-order chi connectivity index (χ1) is 8.79. The molecular formula is C14H20INOS. The molecule has 1 aromatic rings. The fourth-order valence-electron chi connectivity index (χ4n) is 2.21. The largest absolute Gasteiger partial charge is 0.375 e. The highest BCUT2D eigenvalue weighted by molar-refractivity contribution is 14.1. The van der Waals surface area contributed by atoms with Crippen molar-refractivity contribution in [1.82, 2.24) is 5.32 Å². The van der Waals surface area contributed by atoms with E-state index in [0.717, 1.165) is 31.1 Å². The van der Waals surface area contributed by atoms with Crippen LogP contribution in [0.4, 0.5) is 0 Å². The molecule has 0 amide bonds. The summed E-state index contributed by atoms with van der Waals surface area (Å²) in [6.45, 7) is 4.06. The van der Waals surface area contributed by atoms with Gasteiger partial charge in [0.1, 0.15) is 0 Å². The minimum Gasteiger partial charge on any atom is -0.375 e. The highest BCUT2D eigenvalue weighted by Gasteiger charge is 2.24. The number of hydrogen-bond acceptors (Lipinski definition) is 3. The van der Waals surface area contributed by atoms with Crippen molar-refractivity contribution < 1.29 is 4.74 Å². The lowest BCUT2D eigenvalue weighted by Crippen LogP contribution is -2.46. The first-order valence-electron chi connectivity index (χ1n) is 6.46. The predicted molar refractivity (Wildman–Crippen MR) is 87.4 cm³/mol. The summed E-state index contributed by atoms with van der Waals surface area (Å²) >= 11 is 4.35. The molecule has 1 N–H and O–H groups in total. The lowest BCUT2D eigenvalue weighted by Gasteiger charge is -2.31. The van der Waals surface area contributed by atoms with Crippen LogP contribution in [0.5, 0.6) is 0 Å². The van der Waals surface area contributed by atoms with Gasteiger partial charge in [0.15, 0.2) is 0 Å². The smallest absolute Gasteiger partial charge is 0.0821 e. The Morgan fingerprint density at radius 2 is 2.22 bits per heavy atom. The zero-order chi connectivity index (χ0) is 12.8. The third-order valence-electron chi connectivity index (χ3n) is 3.13. The van der Waals surface area contributed by atoms with Crippen molar-refractivity contribution in [3.63, 3.8) is 0 Å². The normalized spacial score (nSPS) is 21.8. The Labute approximate surface area is 127 Å². The number of thioether (sulfide) groups is 1. The van der Waals surface area contributed by atoms with Crippen molar-refractivity contribution in [1.29, 1.82) is 0 Å². The molecule has 1 fully saturated rings. The first kappa shape index (κ1) is 14.6. The molecule has 1 aliphatic rings. The second kappa shape index (κ2) is 7.72. The Morgan fingerprint density at radius 3 is 2.83 bits per heavy atom. The quantitative estimate of drug-likeness (QED) is 0.798. The summed E-state index contributed by atoms with van der Waals surface area (Å²) in [5, 5.41) is 3.58. The van der Waals surface area contributed by atoms with E-state index >= 15 is 0 Å². The molecule has 0 saturated carbocycles. The highest BCUT2D eigenvalue weighted by atomic mass is 127. The average molecular weight is 377 g/mol. The lowest BCUT2D eigenvalue weighted by atomic mass is 10.0. The molecule has 100 valence electrons. The minimum absolute atomic E-state index is 0.350. The Bertz CT molecular complexity index is 351. The molecule has 2 rings (SSSR count). The van der Waals surface area contributed by atoms with Gasteiger partial charge < -0.3 is 10.1 Å². The zero-order valence-corrected chi connectivity index (χ0v) is 13.7. The predicted octanol–water partition coefficient (Wildman–Crippen LogP) is 2.94. The fourth-order valence-corrected chi connectivity index (χ4v) is 3.51. The molecule has 0 aromatic heterocycles. The number of hydrogen-bond donors (Lipinski definition) is 1. The van der Waals surface area contributed by atoms with Gasteiger partial charge in [0, 0.05) is 21.1 Å². The number of nitrogens with one attached hydrogen (secondary N) is 1. The molecule has 2 atom stereocenters. The summed E-state index contributed by atoms with van der Waals surface area (Å²) in [5.74, 6) is 2.25. The summed E-state index contributed by atoms with van der Waals surface area (Å²) in [7, 11) is 0. The van der Waals surface area contributed by atoms with Crippen LogP contribution < -0.4 is 5.32 Å². The molecule has 2 unspecified atom stereocenters. The third-order valence-corrected chi connectivity index (χ3v) is 4.86. The van der Waals surface area contributed by atoms with E-state index in [1.807, 2.05) is 11.8 Å². The van der Waals surface area contributed by atoms with Gasteiger partial charge >= 0.3 is 0 Å². The maximum atomic E-state index is 5.90. The van der Waals surface area contributed by atoms with Crippen molar-refractivity contribution in [2.45, 2.75) is 25.5 Å². The van der Waals surface area contributed by atoms with Crippen LogP contribution in [0.15, 0.2) is 24.3 Å². The minimum atomic E-state index is 0.350. The van der Waals surface area contributed by atoms with Gasteiger partial charge in [0.2, 0.25) is 0 Å². The maximum Gasteiger partial charge on any atom is 0.0821 e. The number of ether oxygens (including phenoxy) is 1. The van der Waals surface area contributed by atoms with Gasteiger partial charge in [0.05, 0.1) is 12.7 Å².